The molecular formula is C25H24N4O3. The molecule has 2 N–H and O–H groups in total. The van der Waals surface area contributed by atoms with E-state index in [-0.39, 0.29) is 11.4 Å². The van der Waals surface area contributed by atoms with E-state index in [2.05, 4.69) is 11.2 Å². The van der Waals surface area contributed by atoms with Gasteiger partial charge in [-0.2, -0.15) is 5.26 Å². The molecule has 1 fully saturated rings. The highest BCUT2D eigenvalue weighted by Gasteiger charge is 2.21. The first-order valence-corrected chi connectivity index (χ1v) is 10.5. The summed E-state index contributed by atoms with van der Waals surface area (Å²) < 4.78 is 11.6. The smallest absolute Gasteiger partial charge is 0.254 e. The third-order valence-corrected chi connectivity index (χ3v) is 5.38. The number of nitrogens with two attached hydrogens (primary N) is 1. The molecular weight excluding hydrogens is 404 g/mol. The lowest BCUT2D eigenvalue weighted by Gasteiger charge is -2.28. The zero-order chi connectivity index (χ0) is 22.3. The SMILES string of the molecule is N#CN1CCCC(Cc2cnc(Oc3ccc(Oc4ccccc4)cc3)c(C(N)=O)c2)C1. The second-order valence-electron chi connectivity index (χ2n) is 7.81. The Morgan fingerprint density at radius 3 is 2.47 bits per heavy atom. The molecule has 162 valence electrons. The lowest BCUT2D eigenvalue weighted by atomic mass is 9.91. The highest BCUT2D eigenvalue weighted by molar-refractivity contribution is 5.95. The number of aromatic nitrogens is 1. The third kappa shape index (κ3) is 5.35. The number of hydrogen-bond donors (Lipinski definition) is 1. The number of benzene rings is 2. The van der Waals surface area contributed by atoms with E-state index < -0.39 is 5.91 Å². The average Bonchev–Trinajstić information content (AvgIpc) is 2.82. The van der Waals surface area contributed by atoms with Gasteiger partial charge in [-0.05, 0) is 73.2 Å². The number of carbonyl (C=O) groups is 1. The van der Waals surface area contributed by atoms with Gasteiger partial charge in [0.15, 0.2) is 6.19 Å². The Labute approximate surface area is 187 Å². The van der Waals surface area contributed by atoms with E-state index in [1.54, 1.807) is 41.4 Å². The minimum atomic E-state index is -0.597. The van der Waals surface area contributed by atoms with Gasteiger partial charge in [0.1, 0.15) is 22.8 Å². The number of amides is 1. The van der Waals surface area contributed by atoms with Crippen LogP contribution in [0.3, 0.4) is 0 Å². The van der Waals surface area contributed by atoms with E-state index >= 15 is 0 Å². The summed E-state index contributed by atoms with van der Waals surface area (Å²) in [7, 11) is 0. The summed E-state index contributed by atoms with van der Waals surface area (Å²) in [5, 5.41) is 9.14. The number of rotatable bonds is 7. The van der Waals surface area contributed by atoms with Gasteiger partial charge < -0.3 is 20.1 Å². The van der Waals surface area contributed by atoms with Crippen LogP contribution in [0.2, 0.25) is 0 Å². The first-order chi connectivity index (χ1) is 15.6. The van der Waals surface area contributed by atoms with Crippen molar-refractivity contribution < 1.29 is 14.3 Å². The maximum Gasteiger partial charge on any atom is 0.254 e. The zero-order valence-electron chi connectivity index (χ0n) is 17.6. The van der Waals surface area contributed by atoms with Gasteiger partial charge in [0, 0.05) is 19.3 Å². The van der Waals surface area contributed by atoms with Crippen LogP contribution >= 0.6 is 0 Å². The number of piperidine rings is 1. The summed E-state index contributed by atoms with van der Waals surface area (Å²) in [5.74, 6) is 1.84. The summed E-state index contributed by atoms with van der Waals surface area (Å²) in [6.07, 6.45) is 6.69. The molecule has 7 nitrogen and oxygen atoms in total. The van der Waals surface area contributed by atoms with Gasteiger partial charge in [-0.25, -0.2) is 4.98 Å². The topological polar surface area (TPSA) is 101 Å². The third-order valence-electron chi connectivity index (χ3n) is 5.38. The van der Waals surface area contributed by atoms with Gasteiger partial charge in [-0.1, -0.05) is 18.2 Å². The molecule has 1 saturated heterocycles. The molecule has 32 heavy (non-hydrogen) atoms. The lowest BCUT2D eigenvalue weighted by Crippen LogP contribution is -2.32. The summed E-state index contributed by atoms with van der Waals surface area (Å²) in [6.45, 7) is 1.53. The minimum Gasteiger partial charge on any atom is -0.457 e. The fourth-order valence-corrected chi connectivity index (χ4v) is 3.83. The van der Waals surface area contributed by atoms with Crippen molar-refractivity contribution in [2.45, 2.75) is 19.3 Å². The number of primary amides is 1. The molecule has 3 aromatic rings. The number of para-hydroxylation sites is 1. The molecule has 2 aromatic carbocycles. The molecule has 7 heteroatoms. The minimum absolute atomic E-state index is 0.167. The normalized spacial score (nSPS) is 15.6. The zero-order valence-corrected chi connectivity index (χ0v) is 17.6. The van der Waals surface area contributed by atoms with Crippen LogP contribution in [0.15, 0.2) is 66.9 Å². The van der Waals surface area contributed by atoms with Crippen molar-refractivity contribution in [2.24, 2.45) is 11.7 Å². The van der Waals surface area contributed by atoms with Crippen molar-refractivity contribution in [3.63, 3.8) is 0 Å². The fraction of sp³-hybridized carbons (Fsp3) is 0.240. The molecule has 1 aromatic heterocycles. The fourth-order valence-electron chi connectivity index (χ4n) is 3.83. The van der Waals surface area contributed by atoms with E-state index in [9.17, 15) is 4.79 Å². The van der Waals surface area contributed by atoms with Gasteiger partial charge in [0.2, 0.25) is 5.88 Å². The summed E-state index contributed by atoms with van der Waals surface area (Å²) in [4.78, 5) is 18.2. The standard InChI is InChI=1S/C25H24N4O3/c26-17-29-12-4-5-18(16-29)13-19-14-23(24(27)30)25(28-15-19)32-22-10-8-21(9-11-22)31-20-6-2-1-3-7-20/h1-3,6-11,14-15,18H,4-5,12-13,16H2,(H2,27,30). The van der Waals surface area contributed by atoms with E-state index in [1.165, 1.54) is 0 Å². The molecule has 1 aliphatic heterocycles. The molecule has 0 saturated carbocycles. The van der Waals surface area contributed by atoms with E-state index in [4.69, 9.17) is 20.5 Å². The first kappa shape index (κ1) is 21.2. The molecule has 0 radical (unpaired) electrons. The molecule has 0 spiro atoms. The number of likely N-dealkylation sites (tertiary alicyclic amines) is 1. The maximum atomic E-state index is 12.0. The molecule has 4 rings (SSSR count). The Morgan fingerprint density at radius 1 is 1.09 bits per heavy atom. The van der Waals surface area contributed by atoms with Crippen molar-refractivity contribution in [3.8, 4) is 29.3 Å². The summed E-state index contributed by atoms with van der Waals surface area (Å²) >= 11 is 0. The first-order valence-electron chi connectivity index (χ1n) is 10.5. The summed E-state index contributed by atoms with van der Waals surface area (Å²) in [5.41, 5.74) is 6.73. The van der Waals surface area contributed by atoms with Crippen LogP contribution in [-0.4, -0.2) is 28.9 Å². The molecule has 0 aliphatic carbocycles. The Balaban J connectivity index is 1.45. The van der Waals surface area contributed by atoms with Gasteiger partial charge in [-0.3, -0.25) is 4.79 Å². The van der Waals surface area contributed by atoms with Crippen molar-refractivity contribution in [2.75, 3.05) is 13.1 Å². The van der Waals surface area contributed by atoms with Crippen molar-refractivity contribution in [1.82, 2.24) is 9.88 Å². The van der Waals surface area contributed by atoms with Crippen LogP contribution in [0.25, 0.3) is 0 Å². The van der Waals surface area contributed by atoms with Crippen LogP contribution < -0.4 is 15.2 Å². The second-order valence-corrected chi connectivity index (χ2v) is 7.81. The number of pyridine rings is 1. The second kappa shape index (κ2) is 9.84. The van der Waals surface area contributed by atoms with Gasteiger partial charge in [0.25, 0.3) is 5.91 Å². The summed E-state index contributed by atoms with van der Waals surface area (Å²) in [6, 6.07) is 18.3. The highest BCUT2D eigenvalue weighted by Crippen LogP contribution is 2.29. The van der Waals surface area contributed by atoms with Gasteiger partial charge >= 0.3 is 0 Å². The lowest BCUT2D eigenvalue weighted by molar-refractivity contribution is 0.0997. The predicted molar refractivity (Wildman–Crippen MR) is 119 cm³/mol. The molecule has 1 aliphatic rings. The number of ether oxygens (including phenoxy) is 2. The monoisotopic (exact) mass is 428 g/mol. The highest BCUT2D eigenvalue weighted by atomic mass is 16.5. The number of nitriles is 1. The Bertz CT molecular complexity index is 1110. The van der Waals surface area contributed by atoms with Crippen molar-refractivity contribution in [1.29, 1.82) is 5.26 Å². The van der Waals surface area contributed by atoms with Gasteiger partial charge in [-0.15, -0.1) is 0 Å². The number of carbonyl (C=O) groups excluding carboxylic acids is 1. The average molecular weight is 428 g/mol. The van der Waals surface area contributed by atoms with Crippen LogP contribution in [0, 0.1) is 17.4 Å². The van der Waals surface area contributed by atoms with Crippen molar-refractivity contribution >= 4 is 5.91 Å². The molecule has 2 heterocycles. The van der Waals surface area contributed by atoms with Crippen LogP contribution in [-0.2, 0) is 6.42 Å². The molecule has 1 unspecified atom stereocenters. The molecule has 1 atom stereocenters. The van der Waals surface area contributed by atoms with Crippen LogP contribution in [0.5, 0.6) is 23.1 Å². The van der Waals surface area contributed by atoms with Crippen molar-refractivity contribution in [3.05, 3.63) is 78.0 Å². The largest absolute Gasteiger partial charge is 0.457 e. The van der Waals surface area contributed by atoms with E-state index in [1.807, 2.05) is 30.3 Å². The maximum absolute atomic E-state index is 12.0. The molecule has 0 bridgehead atoms. The molecule has 1 amide bonds. The quantitative estimate of drug-likeness (QED) is 0.556. The number of nitrogens with zero attached hydrogens (tertiary/aromatic N) is 3. The Hall–Kier alpha value is -4.05. The van der Waals surface area contributed by atoms with E-state index in [0.717, 1.165) is 43.7 Å². The number of hydrogen-bond acceptors (Lipinski definition) is 6. The Kier molecular flexibility index (Phi) is 6.52. The predicted octanol–water partition coefficient (Wildman–Crippen LogP) is 4.50. The van der Waals surface area contributed by atoms with Crippen LogP contribution in [0.4, 0.5) is 0 Å². The van der Waals surface area contributed by atoms with Gasteiger partial charge in [0.05, 0.1) is 0 Å². The Morgan fingerprint density at radius 2 is 1.78 bits per heavy atom. The van der Waals surface area contributed by atoms with Crippen LogP contribution in [0.1, 0.15) is 28.8 Å². The van der Waals surface area contributed by atoms with E-state index in [0.29, 0.717) is 17.4 Å².